The van der Waals surface area contributed by atoms with Crippen LogP contribution in [0.1, 0.15) is 47.1 Å². The molecule has 1 aliphatic heterocycles. The van der Waals surface area contributed by atoms with Crippen LogP contribution in [-0.4, -0.2) is 53.3 Å². The molecule has 0 bridgehead atoms. The van der Waals surface area contributed by atoms with Crippen LogP contribution >= 0.6 is 15.9 Å². The molecule has 1 saturated heterocycles. The highest BCUT2D eigenvalue weighted by Gasteiger charge is 2.31. The molecule has 146 valence electrons. The van der Waals surface area contributed by atoms with Crippen LogP contribution in [0.25, 0.3) is 0 Å². The van der Waals surface area contributed by atoms with Gasteiger partial charge in [0, 0.05) is 42.3 Å². The van der Waals surface area contributed by atoms with E-state index in [1.54, 1.807) is 0 Å². The Hall–Kier alpha value is -1.27. The topological polar surface area (TPSA) is 42.0 Å². The lowest BCUT2D eigenvalue weighted by molar-refractivity contribution is 0.000403. The van der Waals surface area contributed by atoms with Gasteiger partial charge in [0.2, 0.25) is 0 Å². The van der Waals surface area contributed by atoms with Crippen molar-refractivity contribution in [3.63, 3.8) is 0 Å². The molecule has 1 aromatic rings. The molecular formula is C20H31BrN2O3. The van der Waals surface area contributed by atoms with Gasteiger partial charge < -0.3 is 14.4 Å². The molecule has 1 unspecified atom stereocenters. The highest BCUT2D eigenvalue weighted by molar-refractivity contribution is 9.10. The van der Waals surface area contributed by atoms with E-state index in [-0.39, 0.29) is 18.2 Å². The maximum atomic E-state index is 12.4. The largest absolute Gasteiger partial charge is 0.491 e. The molecular weight excluding hydrogens is 396 g/mol. The molecule has 0 N–H and O–H groups in total. The number of carbonyl (C=O) groups excluding carboxylic acids is 1. The molecule has 1 amide bonds. The summed E-state index contributed by atoms with van der Waals surface area (Å²) in [5, 5.41) is 0. The first-order chi connectivity index (χ1) is 12.1. The molecule has 0 radical (unpaired) electrons. The molecule has 1 heterocycles. The predicted octanol–water partition coefficient (Wildman–Crippen LogP) is 4.68. The maximum absolute atomic E-state index is 12.4. The SMILES string of the molecule is CC(C)Oc1cccc(Br)c1CN1CCN(C(=O)OC(C)(C)C)C(C)C1. The van der Waals surface area contributed by atoms with Crippen molar-refractivity contribution in [3.05, 3.63) is 28.2 Å². The van der Waals surface area contributed by atoms with Gasteiger partial charge in [-0.15, -0.1) is 0 Å². The average Bonchev–Trinajstić information content (AvgIpc) is 2.48. The molecule has 1 aliphatic rings. The van der Waals surface area contributed by atoms with Crippen molar-refractivity contribution >= 4 is 22.0 Å². The van der Waals surface area contributed by atoms with Crippen LogP contribution in [-0.2, 0) is 11.3 Å². The lowest BCUT2D eigenvalue weighted by Crippen LogP contribution is -2.54. The minimum Gasteiger partial charge on any atom is -0.491 e. The van der Waals surface area contributed by atoms with Crippen molar-refractivity contribution in [2.45, 2.75) is 65.8 Å². The number of amides is 1. The molecule has 0 aromatic heterocycles. The van der Waals surface area contributed by atoms with Crippen molar-refractivity contribution in [2.24, 2.45) is 0 Å². The summed E-state index contributed by atoms with van der Waals surface area (Å²) in [6.45, 7) is 14.9. The van der Waals surface area contributed by atoms with E-state index in [0.29, 0.717) is 6.54 Å². The van der Waals surface area contributed by atoms with Gasteiger partial charge >= 0.3 is 6.09 Å². The zero-order valence-corrected chi connectivity index (χ0v) is 18.3. The lowest BCUT2D eigenvalue weighted by Gasteiger charge is -2.40. The molecule has 1 atom stereocenters. The van der Waals surface area contributed by atoms with Crippen molar-refractivity contribution < 1.29 is 14.3 Å². The highest BCUT2D eigenvalue weighted by Crippen LogP contribution is 2.30. The van der Waals surface area contributed by atoms with E-state index in [0.717, 1.165) is 35.4 Å². The van der Waals surface area contributed by atoms with E-state index in [4.69, 9.17) is 9.47 Å². The smallest absolute Gasteiger partial charge is 0.410 e. The maximum Gasteiger partial charge on any atom is 0.410 e. The van der Waals surface area contributed by atoms with Gasteiger partial charge in [-0.2, -0.15) is 0 Å². The standard InChI is InChI=1S/C20H31BrN2O3/c1-14(2)25-18-9-7-8-17(21)16(18)13-22-10-11-23(15(3)12-22)19(24)26-20(4,5)6/h7-9,14-15H,10-13H2,1-6H3. The first-order valence-corrected chi connectivity index (χ1v) is 10.0. The fourth-order valence-electron chi connectivity index (χ4n) is 3.05. The summed E-state index contributed by atoms with van der Waals surface area (Å²) >= 11 is 3.66. The first kappa shape index (κ1) is 21.0. The Kier molecular flexibility index (Phi) is 6.97. The van der Waals surface area contributed by atoms with Gasteiger partial charge in [-0.3, -0.25) is 4.90 Å². The van der Waals surface area contributed by atoms with E-state index < -0.39 is 5.60 Å². The molecule has 2 rings (SSSR count). The van der Waals surface area contributed by atoms with E-state index in [2.05, 4.69) is 27.8 Å². The number of piperazine rings is 1. The lowest BCUT2D eigenvalue weighted by atomic mass is 10.1. The summed E-state index contributed by atoms with van der Waals surface area (Å²) in [7, 11) is 0. The number of ether oxygens (including phenoxy) is 2. The zero-order valence-electron chi connectivity index (χ0n) is 16.7. The summed E-state index contributed by atoms with van der Waals surface area (Å²) in [6.07, 6.45) is -0.0969. The molecule has 1 fully saturated rings. The van der Waals surface area contributed by atoms with Gasteiger partial charge in [0.25, 0.3) is 0 Å². The Labute approximate surface area is 165 Å². The fraction of sp³-hybridized carbons (Fsp3) is 0.650. The third kappa shape index (κ3) is 5.88. The molecule has 1 aromatic carbocycles. The molecule has 0 aliphatic carbocycles. The predicted molar refractivity (Wildman–Crippen MR) is 108 cm³/mol. The Morgan fingerprint density at radius 3 is 2.58 bits per heavy atom. The van der Waals surface area contributed by atoms with Crippen molar-refractivity contribution in [2.75, 3.05) is 19.6 Å². The Morgan fingerprint density at radius 1 is 1.31 bits per heavy atom. The van der Waals surface area contributed by atoms with E-state index in [1.165, 1.54) is 0 Å². The summed E-state index contributed by atoms with van der Waals surface area (Å²) in [6, 6.07) is 6.16. The van der Waals surface area contributed by atoms with Gasteiger partial charge in [0.05, 0.1) is 6.10 Å². The van der Waals surface area contributed by atoms with Crippen LogP contribution in [0.5, 0.6) is 5.75 Å². The summed E-state index contributed by atoms with van der Waals surface area (Å²) in [4.78, 5) is 16.6. The summed E-state index contributed by atoms with van der Waals surface area (Å²) in [5.74, 6) is 0.914. The zero-order chi connectivity index (χ0) is 19.5. The van der Waals surface area contributed by atoms with Crippen molar-refractivity contribution in [3.8, 4) is 5.75 Å². The second-order valence-electron chi connectivity index (χ2n) is 8.14. The third-order valence-electron chi connectivity index (χ3n) is 4.16. The normalized spacial score (nSPS) is 18.9. The van der Waals surface area contributed by atoms with Crippen LogP contribution in [0.4, 0.5) is 4.79 Å². The average molecular weight is 427 g/mol. The molecule has 0 saturated carbocycles. The Morgan fingerprint density at radius 2 is 2.00 bits per heavy atom. The molecule has 6 heteroatoms. The summed E-state index contributed by atoms with van der Waals surface area (Å²) < 4.78 is 12.5. The van der Waals surface area contributed by atoms with Crippen LogP contribution in [0.3, 0.4) is 0 Å². The Balaban J connectivity index is 2.03. The monoisotopic (exact) mass is 426 g/mol. The fourth-order valence-corrected chi connectivity index (χ4v) is 3.52. The van der Waals surface area contributed by atoms with E-state index >= 15 is 0 Å². The minimum atomic E-state index is -0.466. The van der Waals surface area contributed by atoms with Gasteiger partial charge in [0.1, 0.15) is 11.4 Å². The highest BCUT2D eigenvalue weighted by atomic mass is 79.9. The quantitative estimate of drug-likeness (QED) is 0.700. The van der Waals surface area contributed by atoms with E-state index in [9.17, 15) is 4.79 Å². The van der Waals surface area contributed by atoms with Crippen molar-refractivity contribution in [1.29, 1.82) is 0 Å². The van der Waals surface area contributed by atoms with Crippen LogP contribution < -0.4 is 4.74 Å². The number of rotatable bonds is 4. The minimum absolute atomic E-state index is 0.107. The molecule has 5 nitrogen and oxygen atoms in total. The molecule has 26 heavy (non-hydrogen) atoms. The van der Waals surface area contributed by atoms with Crippen molar-refractivity contribution in [1.82, 2.24) is 9.80 Å². The first-order valence-electron chi connectivity index (χ1n) is 9.23. The number of hydrogen-bond acceptors (Lipinski definition) is 4. The number of nitrogens with zero attached hydrogens (tertiary/aromatic N) is 2. The van der Waals surface area contributed by atoms with Gasteiger partial charge in [-0.1, -0.05) is 22.0 Å². The Bertz CT molecular complexity index is 628. The van der Waals surface area contributed by atoms with Crippen LogP contribution in [0.15, 0.2) is 22.7 Å². The number of halogens is 1. The second kappa shape index (κ2) is 8.61. The number of carbonyl (C=O) groups is 1. The van der Waals surface area contributed by atoms with Crippen LogP contribution in [0.2, 0.25) is 0 Å². The number of benzene rings is 1. The van der Waals surface area contributed by atoms with Crippen LogP contribution in [0, 0.1) is 0 Å². The number of hydrogen-bond donors (Lipinski definition) is 0. The second-order valence-corrected chi connectivity index (χ2v) is 9.00. The third-order valence-corrected chi connectivity index (χ3v) is 4.90. The summed E-state index contributed by atoms with van der Waals surface area (Å²) in [5.41, 5.74) is 0.686. The van der Waals surface area contributed by atoms with Gasteiger partial charge in [-0.25, -0.2) is 4.79 Å². The van der Waals surface area contributed by atoms with E-state index in [1.807, 2.05) is 57.7 Å². The molecule has 0 spiro atoms. The van der Waals surface area contributed by atoms with Gasteiger partial charge in [0.15, 0.2) is 0 Å². The van der Waals surface area contributed by atoms with Gasteiger partial charge in [-0.05, 0) is 53.7 Å².